The van der Waals surface area contributed by atoms with Gasteiger partial charge in [0.2, 0.25) is 5.88 Å². The molecule has 0 radical (unpaired) electrons. The number of benzene rings is 1. The first-order valence-corrected chi connectivity index (χ1v) is 14.1. The Kier molecular flexibility index (Phi) is 8.46. The summed E-state index contributed by atoms with van der Waals surface area (Å²) in [5.74, 6) is 0.625. The van der Waals surface area contributed by atoms with E-state index in [1.807, 2.05) is 35.0 Å². The van der Waals surface area contributed by atoms with Gasteiger partial charge in [-0.2, -0.15) is 8.42 Å². The Morgan fingerprint density at radius 1 is 1.16 bits per heavy atom. The highest BCUT2D eigenvalue weighted by atomic mass is 32.2. The fourth-order valence-electron chi connectivity index (χ4n) is 4.47. The van der Waals surface area contributed by atoms with E-state index < -0.39 is 10.1 Å². The molecule has 11 nitrogen and oxygen atoms in total. The average Bonchev–Trinajstić information content (AvgIpc) is 3.48. The predicted molar refractivity (Wildman–Crippen MR) is 146 cm³/mol. The second kappa shape index (κ2) is 11.6. The van der Waals surface area contributed by atoms with Gasteiger partial charge in [0, 0.05) is 43.4 Å². The second-order valence-corrected chi connectivity index (χ2v) is 11.0. The molecule has 5 rings (SSSR count). The highest BCUT2D eigenvalue weighted by Crippen LogP contribution is 2.31. The molecule has 0 unspecified atom stereocenters. The van der Waals surface area contributed by atoms with Crippen LogP contribution in [0.15, 0.2) is 47.5 Å². The van der Waals surface area contributed by atoms with E-state index in [4.69, 9.17) is 14.0 Å². The van der Waals surface area contributed by atoms with Gasteiger partial charge in [-0.1, -0.05) is 6.07 Å². The predicted octanol–water partition coefficient (Wildman–Crippen LogP) is 2.75. The molecule has 0 spiro atoms. The molecule has 1 aliphatic rings. The summed E-state index contributed by atoms with van der Waals surface area (Å²) in [6.07, 6.45) is 6.12. The summed E-state index contributed by atoms with van der Waals surface area (Å²) in [7, 11) is 2.24. The Morgan fingerprint density at radius 2 is 1.89 bits per heavy atom. The Morgan fingerprint density at radius 3 is 2.53 bits per heavy atom. The van der Waals surface area contributed by atoms with Crippen molar-refractivity contribution in [3.8, 4) is 17.0 Å². The van der Waals surface area contributed by atoms with Crippen molar-refractivity contribution < 1.29 is 22.4 Å². The molecule has 1 saturated heterocycles. The van der Waals surface area contributed by atoms with E-state index in [0.717, 1.165) is 52.4 Å². The van der Waals surface area contributed by atoms with Crippen LogP contribution in [-0.2, 0) is 21.9 Å². The molecule has 38 heavy (non-hydrogen) atoms. The van der Waals surface area contributed by atoms with Gasteiger partial charge >= 0.3 is 5.69 Å². The number of fused-ring (bicyclic) bond motifs is 3. The molecule has 4 heterocycles. The van der Waals surface area contributed by atoms with Crippen LogP contribution in [-0.4, -0.2) is 83.7 Å². The van der Waals surface area contributed by atoms with Crippen molar-refractivity contribution in [2.45, 2.75) is 18.9 Å². The summed E-state index contributed by atoms with van der Waals surface area (Å²) in [4.78, 5) is 24.3. The summed E-state index contributed by atoms with van der Waals surface area (Å²) in [5, 5.41) is 0.957. The van der Waals surface area contributed by atoms with E-state index in [-0.39, 0.29) is 11.7 Å². The van der Waals surface area contributed by atoms with E-state index in [1.165, 1.54) is 0 Å². The van der Waals surface area contributed by atoms with Gasteiger partial charge in [-0.3, -0.25) is 18.7 Å². The minimum atomic E-state index is -3.67. The van der Waals surface area contributed by atoms with Crippen LogP contribution in [0.1, 0.15) is 18.9 Å². The molecule has 1 fully saturated rings. The summed E-state index contributed by atoms with van der Waals surface area (Å²) < 4.78 is 40.8. The van der Waals surface area contributed by atoms with Crippen LogP contribution in [0.5, 0.6) is 5.88 Å². The number of hydrogen-bond donors (Lipinski definition) is 1. The summed E-state index contributed by atoms with van der Waals surface area (Å²) in [6.45, 7) is 2.86. The third-order valence-electron chi connectivity index (χ3n) is 6.26. The zero-order valence-electron chi connectivity index (χ0n) is 22.0. The Balaban J connectivity index is 0.000000617. The standard InChI is InChI=1S/C25H29N5O3.CH4O3S/c1-28(2)10-4-11-33-23-8-6-18(14-27-23)17-5-7-21-20(13-17)24-22(15-26-21)29(3)25(31)30(24)19-9-12-32-16-19;1-5(2,3)4/h5-8,13-15,19H,4,9-12,16H2,1-3H3;1H3,(H,2,3,4)/t19-;/m0./s1. The lowest BCUT2D eigenvalue weighted by Gasteiger charge is -2.12. The van der Waals surface area contributed by atoms with E-state index in [9.17, 15) is 13.2 Å². The molecule has 0 amide bonds. The minimum Gasteiger partial charge on any atom is -0.478 e. The Labute approximate surface area is 221 Å². The summed E-state index contributed by atoms with van der Waals surface area (Å²) >= 11 is 0. The Bertz CT molecular complexity index is 1560. The molecule has 1 aliphatic heterocycles. The lowest BCUT2D eigenvalue weighted by Crippen LogP contribution is -2.26. The first kappa shape index (κ1) is 27.7. The lowest BCUT2D eigenvalue weighted by atomic mass is 10.0. The summed E-state index contributed by atoms with van der Waals surface area (Å²) in [5.41, 5.74) is 4.59. The van der Waals surface area contributed by atoms with Crippen LogP contribution < -0.4 is 10.4 Å². The first-order chi connectivity index (χ1) is 18.0. The molecular weight excluding hydrogens is 510 g/mol. The van der Waals surface area contributed by atoms with Gasteiger partial charge < -0.3 is 14.4 Å². The van der Waals surface area contributed by atoms with Crippen LogP contribution in [0, 0.1) is 0 Å². The zero-order valence-corrected chi connectivity index (χ0v) is 22.8. The van der Waals surface area contributed by atoms with E-state index in [1.54, 1.807) is 17.8 Å². The van der Waals surface area contributed by atoms with E-state index in [0.29, 0.717) is 32.0 Å². The smallest absolute Gasteiger partial charge is 0.329 e. The van der Waals surface area contributed by atoms with E-state index >= 15 is 0 Å². The number of nitrogens with zero attached hydrogens (tertiary/aromatic N) is 5. The van der Waals surface area contributed by atoms with Crippen LogP contribution >= 0.6 is 0 Å². The number of imidazole rings is 1. The zero-order chi connectivity index (χ0) is 27.4. The lowest BCUT2D eigenvalue weighted by molar-refractivity contribution is 0.186. The van der Waals surface area contributed by atoms with Crippen molar-refractivity contribution in [2.75, 3.05) is 46.7 Å². The highest BCUT2D eigenvalue weighted by Gasteiger charge is 2.25. The number of aryl methyl sites for hydroxylation is 1. The van der Waals surface area contributed by atoms with Gasteiger partial charge in [0.1, 0.15) is 0 Å². The monoisotopic (exact) mass is 543 g/mol. The Hall–Kier alpha value is -3.32. The molecule has 3 aromatic heterocycles. The van der Waals surface area contributed by atoms with E-state index in [2.05, 4.69) is 35.0 Å². The first-order valence-electron chi connectivity index (χ1n) is 12.3. The van der Waals surface area contributed by atoms with Gasteiger partial charge in [0.05, 0.1) is 48.3 Å². The fraction of sp³-hybridized carbons (Fsp3) is 0.423. The number of pyridine rings is 2. The van der Waals surface area contributed by atoms with Gasteiger partial charge in [0.25, 0.3) is 10.1 Å². The summed E-state index contributed by atoms with van der Waals surface area (Å²) in [6, 6.07) is 10.1. The molecule has 1 aromatic carbocycles. The van der Waals surface area contributed by atoms with Gasteiger partial charge in [-0.05, 0) is 50.7 Å². The number of rotatable bonds is 7. The maximum absolute atomic E-state index is 13.1. The minimum absolute atomic E-state index is 0.0300. The van der Waals surface area contributed by atoms with Crippen molar-refractivity contribution in [1.29, 1.82) is 0 Å². The van der Waals surface area contributed by atoms with Gasteiger partial charge in [0.15, 0.2) is 0 Å². The molecule has 0 aliphatic carbocycles. The average molecular weight is 544 g/mol. The molecule has 4 aromatic rings. The quantitative estimate of drug-likeness (QED) is 0.276. The van der Waals surface area contributed by atoms with Gasteiger partial charge in [-0.15, -0.1) is 0 Å². The largest absolute Gasteiger partial charge is 0.478 e. The fourth-order valence-corrected chi connectivity index (χ4v) is 4.47. The van der Waals surface area contributed by atoms with Crippen molar-refractivity contribution in [3.05, 3.63) is 53.2 Å². The molecule has 1 N–H and O–H groups in total. The maximum Gasteiger partial charge on any atom is 0.329 e. The van der Waals surface area contributed by atoms with Crippen LogP contribution in [0.2, 0.25) is 0 Å². The number of hydrogen-bond acceptors (Lipinski definition) is 8. The van der Waals surface area contributed by atoms with Crippen LogP contribution in [0.4, 0.5) is 0 Å². The molecular formula is C26H33N5O6S. The normalized spacial score (nSPS) is 15.7. The van der Waals surface area contributed by atoms with Crippen molar-refractivity contribution >= 4 is 32.1 Å². The van der Waals surface area contributed by atoms with Crippen molar-refractivity contribution in [1.82, 2.24) is 24.0 Å². The number of ether oxygens (including phenoxy) is 2. The molecule has 12 heteroatoms. The molecule has 1 atom stereocenters. The van der Waals surface area contributed by atoms with Gasteiger partial charge in [-0.25, -0.2) is 9.78 Å². The highest BCUT2D eigenvalue weighted by molar-refractivity contribution is 7.85. The van der Waals surface area contributed by atoms with Crippen molar-refractivity contribution in [3.63, 3.8) is 0 Å². The third kappa shape index (κ3) is 6.57. The molecule has 0 bridgehead atoms. The number of aromatic nitrogens is 4. The molecule has 204 valence electrons. The SMILES string of the molecule is CN(C)CCCOc1ccc(-c2ccc3ncc4c(c3c2)n([C@H]2CCOC2)c(=O)n4C)cn1.CS(=O)(=O)O. The van der Waals surface area contributed by atoms with Crippen LogP contribution in [0.25, 0.3) is 33.1 Å². The van der Waals surface area contributed by atoms with Crippen molar-refractivity contribution in [2.24, 2.45) is 7.05 Å². The topological polar surface area (TPSA) is 129 Å². The van der Waals surface area contributed by atoms with Crippen LogP contribution in [0.3, 0.4) is 0 Å². The second-order valence-electron chi connectivity index (χ2n) is 9.58. The maximum atomic E-state index is 13.1. The third-order valence-corrected chi connectivity index (χ3v) is 6.26. The molecule has 0 saturated carbocycles.